The average Bonchev–Trinajstić information content (AvgIpc) is 3.36. The number of aryl methyl sites for hydroxylation is 1. The van der Waals surface area contributed by atoms with E-state index in [-0.39, 0.29) is 5.91 Å². The number of rotatable bonds is 5. The van der Waals surface area contributed by atoms with Crippen LogP contribution in [-0.2, 0) is 0 Å². The van der Waals surface area contributed by atoms with Crippen molar-refractivity contribution in [2.24, 2.45) is 0 Å². The first kappa shape index (κ1) is 17.9. The van der Waals surface area contributed by atoms with Crippen molar-refractivity contribution in [3.05, 3.63) is 77.4 Å². The average molecular weight is 390 g/mol. The van der Waals surface area contributed by atoms with Gasteiger partial charge in [-0.25, -0.2) is 9.67 Å². The normalized spacial score (nSPS) is 10.6. The number of anilines is 1. The van der Waals surface area contributed by atoms with Crippen molar-refractivity contribution in [2.45, 2.75) is 6.92 Å². The van der Waals surface area contributed by atoms with Crippen LogP contribution in [0.4, 0.5) is 5.13 Å². The lowest BCUT2D eigenvalue weighted by molar-refractivity contribution is 0.102. The number of thiazole rings is 1. The Kier molecular flexibility index (Phi) is 4.90. The molecule has 140 valence electrons. The van der Waals surface area contributed by atoms with Gasteiger partial charge in [0.1, 0.15) is 5.75 Å². The molecule has 2 heterocycles. The Morgan fingerprint density at radius 2 is 1.86 bits per heavy atom. The first-order valence-corrected chi connectivity index (χ1v) is 9.49. The maximum absolute atomic E-state index is 12.6. The van der Waals surface area contributed by atoms with Gasteiger partial charge in [-0.2, -0.15) is 5.10 Å². The highest BCUT2D eigenvalue weighted by Crippen LogP contribution is 2.31. The SMILES string of the molecule is COc1ccc(-c2nc(NC(=O)c3cnn(-c4ccccc4)c3)sc2C)cc1. The second-order valence-electron chi connectivity index (χ2n) is 6.12. The number of aromatic nitrogens is 3. The number of benzene rings is 2. The number of nitrogens with zero attached hydrogens (tertiary/aromatic N) is 3. The van der Waals surface area contributed by atoms with Gasteiger partial charge in [-0.1, -0.05) is 18.2 Å². The summed E-state index contributed by atoms with van der Waals surface area (Å²) in [6.45, 7) is 1.99. The van der Waals surface area contributed by atoms with E-state index >= 15 is 0 Å². The molecular weight excluding hydrogens is 372 g/mol. The van der Waals surface area contributed by atoms with Gasteiger partial charge in [0.15, 0.2) is 5.13 Å². The lowest BCUT2D eigenvalue weighted by Crippen LogP contribution is -2.10. The number of hydrogen-bond acceptors (Lipinski definition) is 5. The molecule has 0 fully saturated rings. The fourth-order valence-electron chi connectivity index (χ4n) is 2.80. The molecule has 0 aliphatic rings. The molecule has 2 aromatic carbocycles. The van der Waals surface area contributed by atoms with Gasteiger partial charge in [-0.3, -0.25) is 10.1 Å². The molecule has 4 aromatic rings. The highest BCUT2D eigenvalue weighted by molar-refractivity contribution is 7.16. The number of amides is 1. The van der Waals surface area contributed by atoms with Crippen LogP contribution in [0.3, 0.4) is 0 Å². The zero-order valence-corrected chi connectivity index (χ0v) is 16.2. The van der Waals surface area contributed by atoms with Crippen LogP contribution in [0.15, 0.2) is 67.0 Å². The van der Waals surface area contributed by atoms with Gasteiger partial charge in [-0.05, 0) is 43.3 Å². The number of methoxy groups -OCH3 is 1. The van der Waals surface area contributed by atoms with E-state index in [0.29, 0.717) is 10.7 Å². The van der Waals surface area contributed by atoms with Crippen LogP contribution < -0.4 is 10.1 Å². The Morgan fingerprint density at radius 1 is 1.11 bits per heavy atom. The second-order valence-corrected chi connectivity index (χ2v) is 7.32. The van der Waals surface area contributed by atoms with Gasteiger partial charge >= 0.3 is 0 Å². The first-order valence-electron chi connectivity index (χ1n) is 8.67. The predicted octanol–water partition coefficient (Wildman–Crippen LogP) is 4.57. The summed E-state index contributed by atoms with van der Waals surface area (Å²) in [5, 5.41) is 7.69. The topological polar surface area (TPSA) is 69.0 Å². The molecule has 0 saturated carbocycles. The van der Waals surface area contributed by atoms with Gasteiger partial charge in [-0.15, -0.1) is 11.3 Å². The quantitative estimate of drug-likeness (QED) is 0.542. The summed E-state index contributed by atoms with van der Waals surface area (Å²) in [7, 11) is 1.64. The smallest absolute Gasteiger partial charge is 0.260 e. The number of hydrogen-bond donors (Lipinski definition) is 1. The summed E-state index contributed by atoms with van der Waals surface area (Å²) in [6.07, 6.45) is 3.25. The first-order chi connectivity index (χ1) is 13.6. The number of para-hydroxylation sites is 1. The molecule has 0 radical (unpaired) electrons. The van der Waals surface area contributed by atoms with Crippen LogP contribution in [-0.4, -0.2) is 27.8 Å². The molecule has 0 aliphatic heterocycles. The fraction of sp³-hybridized carbons (Fsp3) is 0.0952. The predicted molar refractivity (Wildman–Crippen MR) is 110 cm³/mol. The zero-order chi connectivity index (χ0) is 19.5. The molecule has 0 aliphatic carbocycles. The summed E-state index contributed by atoms with van der Waals surface area (Å²) >= 11 is 1.44. The Balaban J connectivity index is 1.51. The number of ether oxygens (including phenoxy) is 1. The molecule has 4 rings (SSSR count). The summed E-state index contributed by atoms with van der Waals surface area (Å²) in [5.74, 6) is 0.554. The molecule has 2 aromatic heterocycles. The molecule has 0 spiro atoms. The molecule has 7 heteroatoms. The van der Waals surface area contributed by atoms with E-state index in [2.05, 4.69) is 15.4 Å². The fourth-order valence-corrected chi connectivity index (χ4v) is 3.63. The van der Waals surface area contributed by atoms with E-state index in [1.54, 1.807) is 24.2 Å². The van der Waals surface area contributed by atoms with Gasteiger partial charge in [0.25, 0.3) is 5.91 Å². The standard InChI is InChI=1S/C21H18N4O2S/c1-14-19(15-8-10-18(27-2)11-9-15)23-21(28-14)24-20(26)16-12-22-25(13-16)17-6-4-3-5-7-17/h3-13H,1-2H3,(H,23,24,26). The van der Waals surface area contributed by atoms with E-state index in [9.17, 15) is 4.79 Å². The Hall–Kier alpha value is -3.45. The third-order valence-corrected chi connectivity index (χ3v) is 5.13. The van der Waals surface area contributed by atoms with E-state index in [1.165, 1.54) is 11.3 Å². The zero-order valence-electron chi connectivity index (χ0n) is 15.4. The number of nitrogens with one attached hydrogen (secondary N) is 1. The van der Waals surface area contributed by atoms with Crippen molar-refractivity contribution in [3.8, 4) is 22.7 Å². The van der Waals surface area contributed by atoms with E-state index in [0.717, 1.165) is 27.6 Å². The van der Waals surface area contributed by atoms with Crippen molar-refractivity contribution in [3.63, 3.8) is 0 Å². The van der Waals surface area contributed by atoms with Gasteiger partial charge in [0.2, 0.25) is 0 Å². The monoisotopic (exact) mass is 390 g/mol. The minimum atomic E-state index is -0.239. The van der Waals surface area contributed by atoms with Crippen LogP contribution in [0, 0.1) is 6.92 Å². The van der Waals surface area contributed by atoms with Crippen LogP contribution in [0.1, 0.15) is 15.2 Å². The molecule has 1 amide bonds. The summed E-state index contributed by atoms with van der Waals surface area (Å²) < 4.78 is 6.86. The maximum atomic E-state index is 12.6. The third-order valence-electron chi connectivity index (χ3n) is 4.25. The molecule has 28 heavy (non-hydrogen) atoms. The molecule has 6 nitrogen and oxygen atoms in total. The molecule has 0 unspecified atom stereocenters. The van der Waals surface area contributed by atoms with Gasteiger partial charge < -0.3 is 4.74 Å². The molecule has 1 N–H and O–H groups in total. The van der Waals surface area contributed by atoms with Crippen LogP contribution in [0.25, 0.3) is 16.9 Å². The minimum Gasteiger partial charge on any atom is -0.497 e. The maximum Gasteiger partial charge on any atom is 0.260 e. The van der Waals surface area contributed by atoms with Gasteiger partial charge in [0, 0.05) is 16.6 Å². The van der Waals surface area contributed by atoms with Crippen molar-refractivity contribution < 1.29 is 9.53 Å². The Labute approximate surface area is 166 Å². The molecule has 0 atom stereocenters. The third kappa shape index (κ3) is 3.65. The number of carbonyl (C=O) groups is 1. The molecule has 0 saturated heterocycles. The van der Waals surface area contributed by atoms with Crippen LogP contribution in [0.2, 0.25) is 0 Å². The molecule has 0 bridgehead atoms. The lowest BCUT2D eigenvalue weighted by Gasteiger charge is -2.02. The summed E-state index contributed by atoms with van der Waals surface area (Å²) in [5.41, 5.74) is 3.20. The minimum absolute atomic E-state index is 0.239. The number of carbonyl (C=O) groups excluding carboxylic acids is 1. The Morgan fingerprint density at radius 3 is 2.57 bits per heavy atom. The lowest BCUT2D eigenvalue weighted by atomic mass is 10.1. The van der Waals surface area contributed by atoms with Crippen molar-refractivity contribution in [1.82, 2.24) is 14.8 Å². The summed E-state index contributed by atoms with van der Waals surface area (Å²) in [6, 6.07) is 17.3. The second kappa shape index (κ2) is 7.66. The largest absolute Gasteiger partial charge is 0.497 e. The van der Waals surface area contributed by atoms with Crippen LogP contribution >= 0.6 is 11.3 Å². The highest BCUT2D eigenvalue weighted by Gasteiger charge is 2.15. The van der Waals surface area contributed by atoms with E-state index in [1.807, 2.05) is 61.5 Å². The highest BCUT2D eigenvalue weighted by atomic mass is 32.1. The van der Waals surface area contributed by atoms with E-state index in [4.69, 9.17) is 4.74 Å². The Bertz CT molecular complexity index is 1100. The summed E-state index contributed by atoms with van der Waals surface area (Å²) in [4.78, 5) is 18.2. The van der Waals surface area contributed by atoms with Crippen molar-refractivity contribution in [2.75, 3.05) is 12.4 Å². The van der Waals surface area contributed by atoms with Gasteiger partial charge in [0.05, 0.1) is 30.3 Å². The van der Waals surface area contributed by atoms with Crippen molar-refractivity contribution in [1.29, 1.82) is 0 Å². The van der Waals surface area contributed by atoms with Crippen LogP contribution in [0.5, 0.6) is 5.75 Å². The molecular formula is C21H18N4O2S. The van der Waals surface area contributed by atoms with E-state index < -0.39 is 0 Å². The van der Waals surface area contributed by atoms with Crippen molar-refractivity contribution >= 4 is 22.4 Å².